The van der Waals surface area contributed by atoms with Gasteiger partial charge in [0.15, 0.2) is 0 Å². The zero-order valence-electron chi connectivity index (χ0n) is 14.4. The highest BCUT2D eigenvalue weighted by Gasteiger charge is 2.19. The number of nitrogens with one attached hydrogen (secondary N) is 1. The fraction of sp³-hybridized carbons (Fsp3) is 0.263. The Bertz CT molecular complexity index is 953. The number of aromatic nitrogens is 2. The normalized spacial score (nSPS) is 13.6. The average Bonchev–Trinajstić information content (AvgIpc) is 2.95. The standard InChI is InChI=1S/C19H19Cl2N3O2/c1-11(12(2)25)22-17(26)10-24-16-9-4-3-8-15(16)23-19(24)13-6-5-7-14(20)18(13)21/h3-9,11-12,25H,10H2,1-2H3,(H,22,26)/t11-,12-/m0/s1. The molecule has 0 aliphatic heterocycles. The molecule has 0 unspecified atom stereocenters. The molecule has 3 aromatic rings. The lowest BCUT2D eigenvalue weighted by atomic mass is 10.2. The summed E-state index contributed by atoms with van der Waals surface area (Å²) in [6.45, 7) is 3.44. The number of halogens is 2. The minimum absolute atomic E-state index is 0.0513. The summed E-state index contributed by atoms with van der Waals surface area (Å²) in [7, 11) is 0. The molecule has 2 N–H and O–H groups in total. The van der Waals surface area contributed by atoms with E-state index < -0.39 is 6.10 Å². The fourth-order valence-corrected chi connectivity index (χ4v) is 3.07. The van der Waals surface area contributed by atoms with E-state index in [1.165, 1.54) is 0 Å². The Morgan fingerprint density at radius 1 is 1.19 bits per heavy atom. The number of amides is 1. The van der Waals surface area contributed by atoms with E-state index in [2.05, 4.69) is 10.3 Å². The molecular formula is C19H19Cl2N3O2. The third kappa shape index (κ3) is 3.70. The van der Waals surface area contributed by atoms with Crippen LogP contribution in [0.25, 0.3) is 22.4 Å². The Morgan fingerprint density at radius 2 is 1.92 bits per heavy atom. The Morgan fingerprint density at radius 3 is 2.65 bits per heavy atom. The van der Waals surface area contributed by atoms with E-state index in [0.29, 0.717) is 21.4 Å². The molecule has 1 aromatic heterocycles. The summed E-state index contributed by atoms with van der Waals surface area (Å²) in [5.74, 6) is 0.347. The lowest BCUT2D eigenvalue weighted by molar-refractivity contribution is -0.122. The number of rotatable bonds is 5. The van der Waals surface area contributed by atoms with Crippen molar-refractivity contribution in [3.05, 3.63) is 52.5 Å². The van der Waals surface area contributed by atoms with Crippen molar-refractivity contribution in [2.24, 2.45) is 0 Å². The van der Waals surface area contributed by atoms with Gasteiger partial charge in [0.1, 0.15) is 12.4 Å². The highest BCUT2D eigenvalue weighted by atomic mass is 35.5. The SMILES string of the molecule is C[C@H](O)[C@H](C)NC(=O)Cn1c(-c2cccc(Cl)c2Cl)nc2ccccc21. The Balaban J connectivity index is 2.06. The third-order valence-electron chi connectivity index (χ3n) is 4.26. The van der Waals surface area contributed by atoms with E-state index in [0.717, 1.165) is 11.0 Å². The molecule has 0 saturated carbocycles. The van der Waals surface area contributed by atoms with E-state index in [1.807, 2.05) is 30.3 Å². The first-order valence-corrected chi connectivity index (χ1v) is 9.01. The summed E-state index contributed by atoms with van der Waals surface area (Å²) in [5.41, 5.74) is 2.24. The van der Waals surface area contributed by atoms with Crippen molar-refractivity contribution in [2.75, 3.05) is 0 Å². The highest BCUT2D eigenvalue weighted by molar-refractivity contribution is 6.43. The van der Waals surface area contributed by atoms with Gasteiger partial charge in [-0.15, -0.1) is 0 Å². The summed E-state index contributed by atoms with van der Waals surface area (Å²) in [6, 6.07) is 12.5. The molecule has 2 atom stereocenters. The van der Waals surface area contributed by atoms with Gasteiger partial charge in [0, 0.05) is 5.56 Å². The maximum absolute atomic E-state index is 12.5. The van der Waals surface area contributed by atoms with Crippen molar-refractivity contribution in [1.82, 2.24) is 14.9 Å². The maximum Gasteiger partial charge on any atom is 0.240 e. The van der Waals surface area contributed by atoms with Crippen LogP contribution in [0, 0.1) is 0 Å². The molecule has 0 fully saturated rings. The van der Waals surface area contributed by atoms with Crippen LogP contribution in [0.15, 0.2) is 42.5 Å². The van der Waals surface area contributed by atoms with Crippen LogP contribution < -0.4 is 5.32 Å². The minimum Gasteiger partial charge on any atom is -0.391 e. The van der Waals surface area contributed by atoms with Gasteiger partial charge in [-0.1, -0.05) is 41.4 Å². The molecule has 7 heteroatoms. The predicted octanol–water partition coefficient (Wildman–Crippen LogP) is 3.90. The Hall–Kier alpha value is -2.08. The molecule has 1 amide bonds. The quantitative estimate of drug-likeness (QED) is 0.692. The first-order valence-electron chi connectivity index (χ1n) is 8.25. The van der Waals surface area contributed by atoms with E-state index in [9.17, 15) is 9.90 Å². The lowest BCUT2D eigenvalue weighted by Crippen LogP contribution is -2.41. The molecule has 0 aliphatic rings. The number of hydrogen-bond acceptors (Lipinski definition) is 3. The molecule has 26 heavy (non-hydrogen) atoms. The number of para-hydroxylation sites is 2. The maximum atomic E-state index is 12.5. The molecule has 1 heterocycles. The van der Waals surface area contributed by atoms with Crippen molar-refractivity contribution in [1.29, 1.82) is 0 Å². The van der Waals surface area contributed by atoms with Gasteiger partial charge >= 0.3 is 0 Å². The number of carbonyl (C=O) groups excluding carboxylic acids is 1. The molecule has 0 saturated heterocycles. The molecule has 3 rings (SSSR count). The largest absolute Gasteiger partial charge is 0.391 e. The van der Waals surface area contributed by atoms with E-state index >= 15 is 0 Å². The van der Waals surface area contributed by atoms with Crippen molar-refractivity contribution in [2.45, 2.75) is 32.5 Å². The number of hydrogen-bond donors (Lipinski definition) is 2. The number of nitrogens with zero attached hydrogens (tertiary/aromatic N) is 2. The average molecular weight is 392 g/mol. The minimum atomic E-state index is -0.639. The number of carbonyl (C=O) groups is 1. The van der Waals surface area contributed by atoms with Crippen molar-refractivity contribution in [3.8, 4) is 11.4 Å². The van der Waals surface area contributed by atoms with Gasteiger partial charge in [0.05, 0.1) is 33.2 Å². The summed E-state index contributed by atoms with van der Waals surface area (Å²) in [5, 5.41) is 13.2. The summed E-state index contributed by atoms with van der Waals surface area (Å²) >= 11 is 12.5. The van der Waals surface area contributed by atoms with E-state index in [4.69, 9.17) is 23.2 Å². The van der Waals surface area contributed by atoms with Gasteiger partial charge in [-0.25, -0.2) is 4.98 Å². The van der Waals surface area contributed by atoms with Gasteiger partial charge in [-0.05, 0) is 38.1 Å². The van der Waals surface area contributed by atoms with Crippen LogP contribution in [0.4, 0.5) is 0 Å². The van der Waals surface area contributed by atoms with Crippen LogP contribution in [0.2, 0.25) is 10.0 Å². The van der Waals surface area contributed by atoms with E-state index in [-0.39, 0.29) is 18.5 Å². The van der Waals surface area contributed by atoms with Crippen LogP contribution in [0.5, 0.6) is 0 Å². The second-order valence-corrected chi connectivity index (χ2v) is 6.99. The molecule has 5 nitrogen and oxygen atoms in total. The topological polar surface area (TPSA) is 67.2 Å². The van der Waals surface area contributed by atoms with Gasteiger partial charge in [-0.2, -0.15) is 0 Å². The zero-order valence-corrected chi connectivity index (χ0v) is 15.9. The van der Waals surface area contributed by atoms with Crippen LogP contribution in [-0.2, 0) is 11.3 Å². The van der Waals surface area contributed by atoms with Crippen molar-refractivity contribution in [3.63, 3.8) is 0 Å². The predicted molar refractivity (Wildman–Crippen MR) is 104 cm³/mol. The van der Waals surface area contributed by atoms with Crippen LogP contribution in [0.1, 0.15) is 13.8 Å². The second kappa shape index (κ2) is 7.66. The number of aliphatic hydroxyl groups is 1. The summed E-state index contributed by atoms with van der Waals surface area (Å²) < 4.78 is 1.80. The van der Waals surface area contributed by atoms with Crippen molar-refractivity contribution < 1.29 is 9.90 Å². The summed E-state index contributed by atoms with van der Waals surface area (Å²) in [4.78, 5) is 17.1. The van der Waals surface area contributed by atoms with Crippen LogP contribution >= 0.6 is 23.2 Å². The van der Waals surface area contributed by atoms with Crippen LogP contribution in [-0.4, -0.2) is 32.7 Å². The molecule has 136 valence electrons. The van der Waals surface area contributed by atoms with Gasteiger partial charge in [-0.3, -0.25) is 4.79 Å². The first kappa shape index (κ1) is 18.7. The van der Waals surface area contributed by atoms with Gasteiger partial charge in [0.2, 0.25) is 5.91 Å². The molecule has 0 radical (unpaired) electrons. The fourth-order valence-electron chi connectivity index (χ4n) is 2.68. The van der Waals surface area contributed by atoms with E-state index in [1.54, 1.807) is 30.5 Å². The Labute approximate surface area is 161 Å². The van der Waals surface area contributed by atoms with Crippen LogP contribution in [0.3, 0.4) is 0 Å². The third-order valence-corrected chi connectivity index (χ3v) is 5.08. The molecule has 0 spiro atoms. The lowest BCUT2D eigenvalue weighted by Gasteiger charge is -2.17. The number of imidazole rings is 1. The zero-order chi connectivity index (χ0) is 18.8. The smallest absolute Gasteiger partial charge is 0.240 e. The molecular weight excluding hydrogens is 373 g/mol. The summed E-state index contributed by atoms with van der Waals surface area (Å²) in [6.07, 6.45) is -0.639. The molecule has 0 bridgehead atoms. The highest BCUT2D eigenvalue weighted by Crippen LogP contribution is 2.34. The number of aliphatic hydroxyl groups excluding tert-OH is 1. The molecule has 0 aliphatic carbocycles. The Kier molecular flexibility index (Phi) is 5.51. The van der Waals surface area contributed by atoms with Gasteiger partial charge < -0.3 is 15.0 Å². The monoisotopic (exact) mass is 391 g/mol. The number of fused-ring (bicyclic) bond motifs is 1. The second-order valence-electron chi connectivity index (χ2n) is 6.21. The van der Waals surface area contributed by atoms with Crippen molar-refractivity contribution >= 4 is 40.1 Å². The molecule has 2 aromatic carbocycles. The first-order chi connectivity index (χ1) is 12.4. The number of benzene rings is 2. The van der Waals surface area contributed by atoms with Gasteiger partial charge in [0.25, 0.3) is 0 Å².